The molecule has 1 aliphatic heterocycles. The Balaban J connectivity index is 0.798. The van der Waals surface area contributed by atoms with Crippen LogP contribution in [0.2, 0.25) is 0 Å². The normalized spacial score (nSPS) is 17.0. The summed E-state index contributed by atoms with van der Waals surface area (Å²) in [7, 11) is 0. The Morgan fingerprint density at radius 3 is 1.65 bits per heavy atom. The number of amides is 9. The second kappa shape index (κ2) is 38.6. The highest BCUT2D eigenvalue weighted by Crippen LogP contribution is 2.45. The van der Waals surface area contributed by atoms with Crippen LogP contribution in [-0.2, 0) is 80.0 Å². The first-order chi connectivity index (χ1) is 52.1. The number of phenols is 1. The number of phenolic OH excluding ortho intramolecular Hbond substituents is 1. The molecule has 28 heteroatoms. The zero-order valence-corrected chi connectivity index (χ0v) is 62.8. The number of nitrogens with one attached hydrogen (secondary N) is 12. The molecule has 0 radical (unpaired) electrons. The van der Waals surface area contributed by atoms with Crippen molar-refractivity contribution in [2.75, 3.05) is 37.7 Å². The van der Waals surface area contributed by atoms with E-state index in [0.29, 0.717) is 53.6 Å². The van der Waals surface area contributed by atoms with Crippen LogP contribution in [0.5, 0.6) is 5.75 Å². The Bertz CT molecular complexity index is 4450. The molecule has 0 spiro atoms. The molecule has 1 fully saturated rings. The maximum absolute atomic E-state index is 15.1. The predicted octanol–water partition coefficient (Wildman–Crippen LogP) is 5.44. The van der Waals surface area contributed by atoms with Gasteiger partial charge in [-0.15, -0.1) is 0 Å². The van der Waals surface area contributed by atoms with Crippen LogP contribution in [0.1, 0.15) is 111 Å². The SMILES string of the molecule is CCCN1C[C@H](CNC(=O)CCCC(=O)N[C@H](Cc2ccccc2)C(=O)N[C@@H](CS)C(=O)N[C@@H](Cc2ccc(O)cc2)C(=O)N[C@H](Cc2c[nH]c3ccccc23)C(=O)N[C@@H](CCCCN)C(=O)N[C@H](C(=O)N[C@@H](CS)C(=O)N[C@@H](Cc2c[nH]c3ccccc23)C(=O)O)C(C)C)CC2c3cccc4[nH]cc(c34)CC21. The number of aromatic amines is 3. The number of carboxylic acid groups (broad SMARTS) is 1. The zero-order valence-electron chi connectivity index (χ0n) is 61.0. The van der Waals surface area contributed by atoms with Crippen molar-refractivity contribution in [3.8, 4) is 5.75 Å². The van der Waals surface area contributed by atoms with Gasteiger partial charge in [0.2, 0.25) is 53.2 Å². The largest absolute Gasteiger partial charge is 0.508 e. The van der Waals surface area contributed by atoms with Gasteiger partial charge in [0, 0.05) is 126 Å². The van der Waals surface area contributed by atoms with E-state index < -0.39 is 107 Å². The summed E-state index contributed by atoms with van der Waals surface area (Å²) < 4.78 is 0. The minimum atomic E-state index is -1.48. The van der Waals surface area contributed by atoms with E-state index in [0.717, 1.165) is 59.7 Å². The number of unbranched alkanes of at least 4 members (excludes halogenated alkanes) is 1. The third-order valence-corrected chi connectivity index (χ3v) is 21.1. The molecule has 2 aliphatic rings. The average Bonchev–Trinajstić information content (AvgIpc) is 1.45. The summed E-state index contributed by atoms with van der Waals surface area (Å²) in [5.41, 5.74) is 13.7. The Kier molecular flexibility index (Phi) is 28.7. The van der Waals surface area contributed by atoms with Crippen molar-refractivity contribution in [1.29, 1.82) is 0 Å². The summed E-state index contributed by atoms with van der Waals surface area (Å²) in [6, 6.07) is 25.4. The van der Waals surface area contributed by atoms with Crippen molar-refractivity contribution < 1.29 is 58.2 Å². The molecule has 10 rings (SSSR count). The van der Waals surface area contributed by atoms with Crippen LogP contribution in [0.3, 0.4) is 0 Å². The number of aromatic hydroxyl groups is 1. The maximum Gasteiger partial charge on any atom is 0.326 e. The van der Waals surface area contributed by atoms with E-state index >= 15 is 9.59 Å². The summed E-state index contributed by atoms with van der Waals surface area (Å²) in [6.45, 7) is 8.09. The van der Waals surface area contributed by atoms with Crippen molar-refractivity contribution in [3.63, 3.8) is 0 Å². The molecule has 26 nitrogen and oxygen atoms in total. The van der Waals surface area contributed by atoms with Gasteiger partial charge in [-0.05, 0) is 134 Å². The summed E-state index contributed by atoms with van der Waals surface area (Å²) >= 11 is 8.80. The molecule has 16 N–H and O–H groups in total. The van der Waals surface area contributed by atoms with Gasteiger partial charge in [0.15, 0.2) is 0 Å². The number of para-hydroxylation sites is 2. The number of hydrogen-bond donors (Lipinski definition) is 17. The third-order valence-electron chi connectivity index (χ3n) is 20.4. The van der Waals surface area contributed by atoms with Crippen molar-refractivity contribution in [3.05, 3.63) is 173 Å². The first-order valence-electron chi connectivity index (χ1n) is 37.2. The van der Waals surface area contributed by atoms with Gasteiger partial charge in [0.05, 0.1) is 0 Å². The maximum atomic E-state index is 15.1. The van der Waals surface area contributed by atoms with E-state index in [9.17, 15) is 48.6 Å². The number of carbonyl (C=O) groups is 10. The fraction of sp³-hybridized carbons (Fsp3) is 0.425. The number of carboxylic acids is 1. The summed E-state index contributed by atoms with van der Waals surface area (Å²) in [5.74, 6) is -8.33. The molecule has 9 amide bonds. The highest BCUT2D eigenvalue weighted by atomic mass is 32.1. The first-order valence-corrected chi connectivity index (χ1v) is 38.5. The molecule has 574 valence electrons. The van der Waals surface area contributed by atoms with Crippen molar-refractivity contribution in [2.24, 2.45) is 17.6 Å². The number of aliphatic carboxylic acids is 1. The van der Waals surface area contributed by atoms with Gasteiger partial charge in [-0.3, -0.25) is 48.1 Å². The Morgan fingerprint density at radius 1 is 0.537 bits per heavy atom. The number of aromatic nitrogens is 3. The summed E-state index contributed by atoms with van der Waals surface area (Å²) in [6.07, 6.45) is 9.00. The lowest BCUT2D eigenvalue weighted by atomic mass is 9.72. The fourth-order valence-electron chi connectivity index (χ4n) is 14.8. The fourth-order valence-corrected chi connectivity index (χ4v) is 15.3. The highest BCUT2D eigenvalue weighted by molar-refractivity contribution is 7.80. The van der Waals surface area contributed by atoms with Crippen LogP contribution >= 0.6 is 25.3 Å². The second-order valence-corrected chi connectivity index (χ2v) is 29.3. The van der Waals surface area contributed by atoms with Gasteiger partial charge < -0.3 is 78.7 Å². The molecule has 1 aliphatic carbocycles. The lowest BCUT2D eigenvalue weighted by molar-refractivity contribution is -0.142. The van der Waals surface area contributed by atoms with Crippen molar-refractivity contribution >= 4 is 117 Å². The molecule has 108 heavy (non-hydrogen) atoms. The monoisotopic (exact) mass is 1510 g/mol. The van der Waals surface area contributed by atoms with Crippen LogP contribution < -0.4 is 53.6 Å². The molecule has 0 saturated carbocycles. The van der Waals surface area contributed by atoms with Gasteiger partial charge in [-0.25, -0.2) is 4.79 Å². The number of rotatable bonds is 39. The molecular formula is C80H100N14O12S2. The van der Waals surface area contributed by atoms with E-state index in [2.05, 4.69) is 124 Å². The van der Waals surface area contributed by atoms with Crippen LogP contribution in [0, 0.1) is 11.8 Å². The lowest BCUT2D eigenvalue weighted by Crippen LogP contribution is -2.61. The number of benzene rings is 5. The second-order valence-electron chi connectivity index (χ2n) is 28.6. The number of thiol groups is 2. The quantitative estimate of drug-likeness (QED) is 0.0169. The third kappa shape index (κ3) is 21.2. The standard InChI is InChI=1S/C80H100N14O12S2/c1-4-32-94-43-49(33-57-56-20-14-24-60-71(56)52(42-84-60)38-68(57)94)39-85-69(96)25-15-26-70(97)86-62(34-47-16-6-5-7-17-47)74(99)91-66(44-107)77(102)88-63(35-48-27-29-53(95)30-28-48)75(100)89-64(36-50-40-82-58-21-10-8-18-54(50)58)76(101)87-61(23-12-13-31-81)73(98)93-72(46(2)3)79(104)92-67(45-108)78(103)90-65(80(105)106)37-51-41-83-59-22-11-9-19-55(51)59/h5-11,14,16-22,24,27-30,40-42,46,49,57,61-68,72,82-84,95,107-108H,4,12-13,15,23,25-26,31-39,43-45,81H2,1-3H3,(H,85,96)(H,86,97)(H,87,101)(H,88,102)(H,89,100)(H,90,103)(H,91,99)(H,92,104)(H,93,98)(H,105,106)/t49-,57?,61-,62+,63-,64+,65-,66-,67-,68?,72-/m0/s1. The van der Waals surface area contributed by atoms with E-state index in [1.54, 1.807) is 68.7 Å². The first kappa shape index (κ1) is 80.4. The molecule has 0 bridgehead atoms. The molecule has 4 heterocycles. The Hall–Kier alpha value is -10.2. The van der Waals surface area contributed by atoms with Gasteiger partial charge >= 0.3 is 5.97 Å². The molecule has 11 atom stereocenters. The van der Waals surface area contributed by atoms with Crippen molar-refractivity contribution in [2.45, 2.75) is 165 Å². The van der Waals surface area contributed by atoms with E-state index in [-0.39, 0.29) is 87.0 Å². The smallest absolute Gasteiger partial charge is 0.326 e. The van der Waals surface area contributed by atoms with E-state index in [4.69, 9.17) is 5.73 Å². The summed E-state index contributed by atoms with van der Waals surface area (Å²) in [4.78, 5) is 154. The van der Waals surface area contributed by atoms with Crippen molar-refractivity contribution in [1.82, 2.24) is 67.7 Å². The van der Waals surface area contributed by atoms with Crippen LogP contribution in [0.15, 0.2) is 140 Å². The average molecular weight is 1510 g/mol. The molecule has 3 aromatic heterocycles. The number of nitrogens with zero attached hydrogens (tertiary/aromatic N) is 1. The van der Waals surface area contributed by atoms with Crippen LogP contribution in [0.4, 0.5) is 0 Å². The number of nitrogens with two attached hydrogens (primary N) is 1. The van der Waals surface area contributed by atoms with Crippen LogP contribution in [0.25, 0.3) is 32.7 Å². The van der Waals surface area contributed by atoms with E-state index in [1.807, 2.05) is 48.5 Å². The number of likely N-dealkylation sites (tertiary alicyclic amines) is 1. The van der Waals surface area contributed by atoms with E-state index in [1.165, 1.54) is 28.6 Å². The Morgan fingerprint density at radius 2 is 1.05 bits per heavy atom. The minimum Gasteiger partial charge on any atom is -0.508 e. The summed E-state index contributed by atoms with van der Waals surface area (Å²) in [5, 5.41) is 48.4. The number of hydrogen-bond acceptors (Lipinski definition) is 15. The highest BCUT2D eigenvalue weighted by Gasteiger charge is 2.42. The van der Waals surface area contributed by atoms with Gasteiger partial charge in [0.1, 0.15) is 54.1 Å². The van der Waals surface area contributed by atoms with Gasteiger partial charge in [0.25, 0.3) is 0 Å². The number of H-pyrrole nitrogens is 3. The number of piperidine rings is 1. The minimum absolute atomic E-state index is 0.0172. The topological polar surface area (TPSA) is 396 Å². The van der Waals surface area contributed by atoms with Crippen LogP contribution in [-0.4, -0.2) is 181 Å². The Labute approximate surface area is 638 Å². The zero-order chi connectivity index (χ0) is 77.0. The lowest BCUT2D eigenvalue weighted by Gasteiger charge is -2.47. The molecular weight excluding hydrogens is 1410 g/mol. The predicted molar refractivity (Wildman–Crippen MR) is 420 cm³/mol. The molecule has 5 aromatic carbocycles. The van der Waals surface area contributed by atoms with Gasteiger partial charge in [-0.2, -0.15) is 25.3 Å². The van der Waals surface area contributed by atoms with Gasteiger partial charge in [-0.1, -0.05) is 112 Å². The molecule has 1 saturated heterocycles. The molecule has 2 unspecified atom stereocenters. The molecule has 8 aromatic rings. The number of fused-ring (bicyclic) bond motifs is 4. The number of carbonyl (C=O) groups excluding carboxylic acids is 9.